The zero-order valence-electron chi connectivity index (χ0n) is 10.7. The molecular formula is C14H17N3O2. The second kappa shape index (κ2) is 4.35. The van der Waals surface area contributed by atoms with Crippen LogP contribution in [0, 0.1) is 5.41 Å². The molecule has 100 valence electrons. The molecule has 0 spiro atoms. The van der Waals surface area contributed by atoms with E-state index in [4.69, 9.17) is 5.73 Å². The van der Waals surface area contributed by atoms with Gasteiger partial charge in [0.2, 0.25) is 0 Å². The zero-order valence-corrected chi connectivity index (χ0v) is 10.7. The number of carbonyl (C=O) groups excluding carboxylic acids is 1. The number of aliphatic hydroxyl groups excluding tert-OH is 1. The van der Waals surface area contributed by atoms with Crippen molar-refractivity contribution in [3.63, 3.8) is 0 Å². The average Bonchev–Trinajstić information content (AvgIpc) is 2.73. The number of hydrogen-bond donors (Lipinski definition) is 2. The Morgan fingerprint density at radius 3 is 2.89 bits per heavy atom. The molecule has 1 fully saturated rings. The number of hydrogen-bond acceptors (Lipinski definition) is 3. The fourth-order valence-corrected chi connectivity index (χ4v) is 2.84. The van der Waals surface area contributed by atoms with Gasteiger partial charge >= 0.3 is 0 Å². The summed E-state index contributed by atoms with van der Waals surface area (Å²) in [7, 11) is 0. The van der Waals surface area contributed by atoms with Crippen LogP contribution in [0.1, 0.15) is 29.6 Å². The quantitative estimate of drug-likeness (QED) is 0.868. The number of aliphatic hydroxyl groups is 1. The molecule has 2 aromatic heterocycles. The Morgan fingerprint density at radius 1 is 1.53 bits per heavy atom. The fourth-order valence-electron chi connectivity index (χ4n) is 2.84. The van der Waals surface area contributed by atoms with Crippen LogP contribution in [0.4, 0.5) is 0 Å². The molecule has 19 heavy (non-hydrogen) atoms. The smallest absolute Gasteiger partial charge is 0.250 e. The summed E-state index contributed by atoms with van der Waals surface area (Å²) in [5.74, 6) is -0.441. The minimum absolute atomic E-state index is 0.0572. The van der Waals surface area contributed by atoms with Gasteiger partial charge in [0.25, 0.3) is 5.91 Å². The Kier molecular flexibility index (Phi) is 2.78. The second-order valence-electron chi connectivity index (χ2n) is 5.42. The van der Waals surface area contributed by atoms with E-state index < -0.39 is 5.91 Å². The zero-order chi connectivity index (χ0) is 13.5. The number of pyridine rings is 1. The molecule has 0 saturated heterocycles. The molecule has 1 aliphatic rings. The Balaban J connectivity index is 2.06. The van der Waals surface area contributed by atoms with Crippen LogP contribution in [-0.4, -0.2) is 27.2 Å². The molecule has 1 saturated carbocycles. The lowest BCUT2D eigenvalue weighted by Crippen LogP contribution is -2.37. The van der Waals surface area contributed by atoms with Gasteiger partial charge in [-0.3, -0.25) is 4.79 Å². The third-order valence-corrected chi connectivity index (χ3v) is 4.15. The maximum absolute atomic E-state index is 11.5. The molecule has 2 heterocycles. The first kappa shape index (κ1) is 12.2. The van der Waals surface area contributed by atoms with Gasteiger partial charge in [-0.15, -0.1) is 0 Å². The number of carbonyl (C=O) groups is 1. The molecule has 1 aliphatic carbocycles. The SMILES string of the molecule is NC(=O)c1cn(CC2(CO)CCC2)c2ncccc12. The molecule has 0 aliphatic heterocycles. The van der Waals surface area contributed by atoms with E-state index in [-0.39, 0.29) is 12.0 Å². The van der Waals surface area contributed by atoms with Crippen LogP contribution >= 0.6 is 0 Å². The summed E-state index contributed by atoms with van der Waals surface area (Å²) in [6.45, 7) is 0.857. The number of amides is 1. The van der Waals surface area contributed by atoms with Crippen molar-refractivity contribution in [3.8, 4) is 0 Å². The summed E-state index contributed by atoms with van der Waals surface area (Å²) in [5, 5.41) is 10.3. The highest BCUT2D eigenvalue weighted by atomic mass is 16.3. The number of aromatic nitrogens is 2. The van der Waals surface area contributed by atoms with E-state index in [0.29, 0.717) is 12.1 Å². The number of nitrogens with zero attached hydrogens (tertiary/aromatic N) is 2. The first-order valence-corrected chi connectivity index (χ1v) is 6.50. The molecule has 0 bridgehead atoms. The summed E-state index contributed by atoms with van der Waals surface area (Å²) >= 11 is 0. The fraction of sp³-hybridized carbons (Fsp3) is 0.429. The summed E-state index contributed by atoms with van der Waals surface area (Å²) in [6, 6.07) is 3.65. The van der Waals surface area contributed by atoms with Gasteiger partial charge in [0.1, 0.15) is 5.65 Å². The molecule has 0 unspecified atom stereocenters. The molecule has 3 N–H and O–H groups in total. The highest BCUT2D eigenvalue weighted by Crippen LogP contribution is 2.42. The van der Waals surface area contributed by atoms with Crippen molar-refractivity contribution in [1.29, 1.82) is 0 Å². The maximum atomic E-state index is 11.5. The maximum Gasteiger partial charge on any atom is 0.250 e. The minimum Gasteiger partial charge on any atom is -0.396 e. The first-order valence-electron chi connectivity index (χ1n) is 6.50. The van der Waals surface area contributed by atoms with Crippen molar-refractivity contribution in [3.05, 3.63) is 30.1 Å². The van der Waals surface area contributed by atoms with Crippen LogP contribution in [0.25, 0.3) is 11.0 Å². The van der Waals surface area contributed by atoms with Crippen molar-refractivity contribution < 1.29 is 9.90 Å². The van der Waals surface area contributed by atoms with Gasteiger partial charge in [-0.05, 0) is 25.0 Å². The Bertz CT molecular complexity index is 623. The predicted octanol–water partition coefficient (Wildman–Crippen LogP) is 1.30. The van der Waals surface area contributed by atoms with E-state index >= 15 is 0 Å². The molecule has 0 aromatic carbocycles. The molecular weight excluding hydrogens is 242 g/mol. The summed E-state index contributed by atoms with van der Waals surface area (Å²) in [5.41, 5.74) is 6.61. The largest absolute Gasteiger partial charge is 0.396 e. The Hall–Kier alpha value is -1.88. The van der Waals surface area contributed by atoms with Crippen LogP contribution < -0.4 is 5.73 Å². The normalized spacial score (nSPS) is 17.3. The number of nitrogens with two attached hydrogens (primary N) is 1. The molecule has 0 atom stereocenters. The summed E-state index contributed by atoms with van der Waals surface area (Å²) < 4.78 is 1.95. The van der Waals surface area contributed by atoms with E-state index in [9.17, 15) is 9.90 Å². The van der Waals surface area contributed by atoms with Gasteiger partial charge < -0.3 is 15.4 Å². The summed E-state index contributed by atoms with van der Waals surface area (Å²) in [4.78, 5) is 15.8. The van der Waals surface area contributed by atoms with Crippen LogP contribution in [0.3, 0.4) is 0 Å². The number of primary amides is 1. The number of rotatable bonds is 4. The average molecular weight is 259 g/mol. The van der Waals surface area contributed by atoms with Gasteiger partial charge in [0.05, 0.1) is 12.2 Å². The van der Waals surface area contributed by atoms with Crippen LogP contribution in [0.5, 0.6) is 0 Å². The molecule has 2 aromatic rings. The predicted molar refractivity (Wildman–Crippen MR) is 71.6 cm³/mol. The van der Waals surface area contributed by atoms with Gasteiger partial charge in [-0.2, -0.15) is 0 Å². The lowest BCUT2D eigenvalue weighted by Gasteiger charge is -2.40. The number of fused-ring (bicyclic) bond motifs is 1. The first-order chi connectivity index (χ1) is 9.15. The lowest BCUT2D eigenvalue weighted by atomic mass is 9.69. The molecule has 3 rings (SSSR count). The molecule has 5 nitrogen and oxygen atoms in total. The van der Waals surface area contributed by atoms with E-state index in [1.807, 2.05) is 10.6 Å². The monoisotopic (exact) mass is 259 g/mol. The van der Waals surface area contributed by atoms with Crippen LogP contribution in [0.2, 0.25) is 0 Å². The molecule has 1 amide bonds. The van der Waals surface area contributed by atoms with Crippen LogP contribution in [0.15, 0.2) is 24.5 Å². The molecule has 5 heteroatoms. The Labute approximate surface area is 111 Å². The second-order valence-corrected chi connectivity index (χ2v) is 5.42. The van der Waals surface area contributed by atoms with Crippen molar-refractivity contribution >= 4 is 16.9 Å². The highest BCUT2D eigenvalue weighted by molar-refractivity contribution is 6.05. The van der Waals surface area contributed by atoms with Crippen molar-refractivity contribution in [2.75, 3.05) is 6.61 Å². The topological polar surface area (TPSA) is 81.1 Å². The highest BCUT2D eigenvalue weighted by Gasteiger charge is 2.37. The third-order valence-electron chi connectivity index (χ3n) is 4.15. The van der Waals surface area contributed by atoms with Crippen molar-refractivity contribution in [2.45, 2.75) is 25.8 Å². The standard InChI is InChI=1S/C14H17N3O2/c15-12(19)11-7-17(8-14(9-18)4-2-5-14)13-10(11)3-1-6-16-13/h1,3,6-7,18H,2,4-5,8-9H2,(H2,15,19). The van der Waals surface area contributed by atoms with E-state index in [1.165, 1.54) is 0 Å². The summed E-state index contributed by atoms with van der Waals surface area (Å²) in [6.07, 6.45) is 6.64. The third kappa shape index (κ3) is 1.90. The van der Waals surface area contributed by atoms with E-state index in [0.717, 1.165) is 30.3 Å². The van der Waals surface area contributed by atoms with E-state index in [1.54, 1.807) is 18.5 Å². The van der Waals surface area contributed by atoms with Gasteiger partial charge in [0, 0.05) is 29.7 Å². The Morgan fingerprint density at radius 2 is 2.32 bits per heavy atom. The van der Waals surface area contributed by atoms with E-state index in [2.05, 4.69) is 4.98 Å². The van der Waals surface area contributed by atoms with Gasteiger partial charge in [-0.25, -0.2) is 4.98 Å². The minimum atomic E-state index is -0.441. The van der Waals surface area contributed by atoms with Crippen LogP contribution in [-0.2, 0) is 6.54 Å². The van der Waals surface area contributed by atoms with Gasteiger partial charge in [-0.1, -0.05) is 6.42 Å². The van der Waals surface area contributed by atoms with Crippen molar-refractivity contribution in [2.24, 2.45) is 11.1 Å². The van der Waals surface area contributed by atoms with Crippen molar-refractivity contribution in [1.82, 2.24) is 9.55 Å². The van der Waals surface area contributed by atoms with Gasteiger partial charge in [0.15, 0.2) is 0 Å². The lowest BCUT2D eigenvalue weighted by molar-refractivity contribution is 0.0286. The molecule has 0 radical (unpaired) electrons.